The van der Waals surface area contributed by atoms with Gasteiger partial charge >= 0.3 is 12.1 Å². The van der Waals surface area contributed by atoms with E-state index >= 15 is 0 Å². The van der Waals surface area contributed by atoms with E-state index in [4.69, 9.17) is 9.47 Å². The highest BCUT2D eigenvalue weighted by Crippen LogP contribution is 2.35. The number of carbonyl (C=O) groups is 2. The third-order valence-electron chi connectivity index (χ3n) is 5.63. The SMILES string of the molecule is CCOC(=O)c1cccc([N+](=O)[O-])c1N(Cc1ccc(-c2c(CC)c[nH]c2C#N)cc1)C(=O)OC(C)(C)C. The highest BCUT2D eigenvalue weighted by Gasteiger charge is 2.33. The first-order valence-electron chi connectivity index (χ1n) is 12.1. The normalized spacial score (nSPS) is 10.9. The second-order valence-electron chi connectivity index (χ2n) is 9.44. The predicted molar refractivity (Wildman–Crippen MR) is 142 cm³/mol. The molecular weight excluding hydrogens is 488 g/mol. The molecule has 0 saturated heterocycles. The van der Waals surface area contributed by atoms with Crippen molar-refractivity contribution in [3.05, 3.63) is 81.2 Å². The number of nitro benzene ring substituents is 1. The van der Waals surface area contributed by atoms with Gasteiger partial charge in [0.2, 0.25) is 0 Å². The minimum Gasteiger partial charge on any atom is -0.462 e. The number of ether oxygens (including phenoxy) is 2. The van der Waals surface area contributed by atoms with Crippen LogP contribution in [0.1, 0.15) is 61.8 Å². The van der Waals surface area contributed by atoms with E-state index in [2.05, 4.69) is 11.1 Å². The molecule has 0 bridgehead atoms. The van der Waals surface area contributed by atoms with Crippen molar-refractivity contribution in [3.8, 4) is 17.2 Å². The van der Waals surface area contributed by atoms with Gasteiger partial charge in [-0.15, -0.1) is 0 Å². The summed E-state index contributed by atoms with van der Waals surface area (Å²) in [6.45, 7) is 8.59. The Balaban J connectivity index is 2.11. The Morgan fingerprint density at radius 3 is 2.37 bits per heavy atom. The zero-order chi connectivity index (χ0) is 28.0. The number of H-pyrrole nitrogens is 1. The zero-order valence-electron chi connectivity index (χ0n) is 22.0. The number of benzene rings is 2. The molecule has 0 saturated carbocycles. The number of nitrogens with zero attached hydrogens (tertiary/aromatic N) is 3. The van der Waals surface area contributed by atoms with Crippen LogP contribution in [0.3, 0.4) is 0 Å². The van der Waals surface area contributed by atoms with Crippen molar-refractivity contribution < 1.29 is 24.0 Å². The van der Waals surface area contributed by atoms with Gasteiger partial charge in [-0.05, 0) is 56.9 Å². The molecule has 0 aliphatic rings. The molecule has 0 atom stereocenters. The molecule has 38 heavy (non-hydrogen) atoms. The lowest BCUT2D eigenvalue weighted by Gasteiger charge is -2.28. The van der Waals surface area contributed by atoms with Gasteiger partial charge in [0.1, 0.15) is 23.1 Å². The van der Waals surface area contributed by atoms with Crippen molar-refractivity contribution in [2.24, 2.45) is 0 Å². The number of amides is 1. The number of aromatic amines is 1. The summed E-state index contributed by atoms with van der Waals surface area (Å²) in [7, 11) is 0. The largest absolute Gasteiger partial charge is 0.462 e. The lowest BCUT2D eigenvalue weighted by atomic mass is 9.99. The summed E-state index contributed by atoms with van der Waals surface area (Å²) in [5, 5.41) is 21.5. The number of carbonyl (C=O) groups excluding carboxylic acids is 2. The highest BCUT2D eigenvalue weighted by atomic mass is 16.6. The average molecular weight is 519 g/mol. The van der Waals surface area contributed by atoms with E-state index in [1.165, 1.54) is 18.2 Å². The molecule has 0 unspecified atom stereocenters. The molecule has 10 heteroatoms. The molecule has 0 aliphatic heterocycles. The number of hydrogen-bond donors (Lipinski definition) is 1. The van der Waals surface area contributed by atoms with Crippen molar-refractivity contribution in [2.45, 2.75) is 53.2 Å². The van der Waals surface area contributed by atoms with Crippen LogP contribution in [0.4, 0.5) is 16.2 Å². The number of esters is 1. The fraction of sp³-hybridized carbons (Fsp3) is 0.321. The van der Waals surface area contributed by atoms with Gasteiger partial charge in [-0.25, -0.2) is 9.59 Å². The van der Waals surface area contributed by atoms with E-state index in [1.807, 2.05) is 19.1 Å². The lowest BCUT2D eigenvalue weighted by Crippen LogP contribution is -2.37. The van der Waals surface area contributed by atoms with Crippen LogP contribution in [-0.4, -0.2) is 34.2 Å². The Hall–Kier alpha value is -4.65. The Kier molecular flexibility index (Phi) is 8.53. The number of nitrogens with one attached hydrogen (secondary N) is 1. The maximum Gasteiger partial charge on any atom is 0.415 e. The van der Waals surface area contributed by atoms with Crippen LogP contribution in [0.25, 0.3) is 11.1 Å². The van der Waals surface area contributed by atoms with Crippen LogP contribution in [-0.2, 0) is 22.4 Å². The predicted octanol–water partition coefficient (Wildman–Crippen LogP) is 6.14. The minimum absolute atomic E-state index is 0.0540. The van der Waals surface area contributed by atoms with E-state index in [-0.39, 0.29) is 24.4 Å². The summed E-state index contributed by atoms with van der Waals surface area (Å²) in [5.41, 5.74) is 2.01. The molecule has 1 heterocycles. The summed E-state index contributed by atoms with van der Waals surface area (Å²) < 4.78 is 10.7. The van der Waals surface area contributed by atoms with Gasteiger partial charge in [0.05, 0.1) is 23.6 Å². The summed E-state index contributed by atoms with van der Waals surface area (Å²) >= 11 is 0. The third-order valence-corrected chi connectivity index (χ3v) is 5.63. The fourth-order valence-corrected chi connectivity index (χ4v) is 4.01. The highest BCUT2D eigenvalue weighted by molar-refractivity contribution is 6.03. The Labute approximate surface area is 220 Å². The number of nitro groups is 1. The van der Waals surface area contributed by atoms with Gasteiger partial charge in [0.15, 0.2) is 0 Å². The Morgan fingerprint density at radius 1 is 1.13 bits per heavy atom. The van der Waals surface area contributed by atoms with Crippen LogP contribution < -0.4 is 4.90 Å². The number of rotatable bonds is 8. The van der Waals surface area contributed by atoms with Crippen molar-refractivity contribution in [2.75, 3.05) is 11.5 Å². The van der Waals surface area contributed by atoms with Crippen LogP contribution >= 0.6 is 0 Å². The van der Waals surface area contributed by atoms with Crippen molar-refractivity contribution in [1.29, 1.82) is 5.26 Å². The molecular formula is C28H30N4O6. The molecule has 1 aromatic heterocycles. The molecule has 0 fully saturated rings. The molecule has 0 aliphatic carbocycles. The minimum atomic E-state index is -0.897. The van der Waals surface area contributed by atoms with E-state index in [0.717, 1.165) is 28.0 Å². The second kappa shape index (κ2) is 11.6. The summed E-state index contributed by atoms with van der Waals surface area (Å²) in [6.07, 6.45) is 1.68. The average Bonchev–Trinajstić information content (AvgIpc) is 3.29. The Morgan fingerprint density at radius 2 is 1.82 bits per heavy atom. The van der Waals surface area contributed by atoms with E-state index in [9.17, 15) is 25.0 Å². The second-order valence-corrected chi connectivity index (χ2v) is 9.44. The number of nitriles is 1. The van der Waals surface area contributed by atoms with Gasteiger partial charge in [0.25, 0.3) is 5.69 Å². The first-order valence-corrected chi connectivity index (χ1v) is 12.1. The Bertz CT molecular complexity index is 1380. The molecule has 10 nitrogen and oxygen atoms in total. The topological polar surface area (TPSA) is 139 Å². The standard InChI is InChI=1S/C28H30N4O6/c1-6-19-16-30-22(15-29)24(19)20-13-11-18(12-14-20)17-31(27(34)38-28(3,4)5)25-21(26(33)37-7-2)9-8-10-23(25)32(35)36/h8-14,16,30H,6-7,17H2,1-5H3. The van der Waals surface area contributed by atoms with Gasteiger partial charge in [0, 0.05) is 17.8 Å². The van der Waals surface area contributed by atoms with Gasteiger partial charge in [-0.3, -0.25) is 15.0 Å². The molecule has 3 rings (SSSR count). The third kappa shape index (κ3) is 6.18. The van der Waals surface area contributed by atoms with Gasteiger partial charge < -0.3 is 14.5 Å². The quantitative estimate of drug-likeness (QED) is 0.215. The number of hydrogen-bond acceptors (Lipinski definition) is 7. The number of aryl methyl sites for hydroxylation is 1. The van der Waals surface area contributed by atoms with Crippen molar-refractivity contribution in [1.82, 2.24) is 4.98 Å². The summed E-state index contributed by atoms with van der Waals surface area (Å²) in [5.74, 6) is -0.793. The van der Waals surface area contributed by atoms with Crippen molar-refractivity contribution >= 4 is 23.4 Å². The zero-order valence-corrected chi connectivity index (χ0v) is 22.0. The van der Waals surface area contributed by atoms with Gasteiger partial charge in [-0.1, -0.05) is 37.3 Å². The molecule has 2 aromatic carbocycles. The van der Waals surface area contributed by atoms with Crippen LogP contribution in [0.5, 0.6) is 0 Å². The van der Waals surface area contributed by atoms with Gasteiger partial charge in [-0.2, -0.15) is 5.26 Å². The van der Waals surface area contributed by atoms with Crippen LogP contribution in [0.2, 0.25) is 0 Å². The molecule has 1 N–H and O–H groups in total. The molecule has 3 aromatic rings. The maximum atomic E-state index is 13.4. The van der Waals surface area contributed by atoms with E-state index in [0.29, 0.717) is 11.3 Å². The monoisotopic (exact) mass is 518 g/mol. The molecule has 1 amide bonds. The van der Waals surface area contributed by atoms with E-state index in [1.54, 1.807) is 46.0 Å². The maximum absolute atomic E-state index is 13.4. The summed E-state index contributed by atoms with van der Waals surface area (Å²) in [6, 6.07) is 13.3. The number of aromatic nitrogens is 1. The van der Waals surface area contributed by atoms with Crippen LogP contribution in [0.15, 0.2) is 48.7 Å². The molecule has 0 spiro atoms. The molecule has 198 valence electrons. The lowest BCUT2D eigenvalue weighted by molar-refractivity contribution is -0.384. The smallest absolute Gasteiger partial charge is 0.415 e. The fourth-order valence-electron chi connectivity index (χ4n) is 4.01. The number of para-hydroxylation sites is 1. The number of anilines is 1. The van der Waals surface area contributed by atoms with Crippen molar-refractivity contribution in [3.63, 3.8) is 0 Å². The first kappa shape index (κ1) is 27.9. The van der Waals surface area contributed by atoms with Crippen LogP contribution in [0, 0.1) is 21.4 Å². The summed E-state index contributed by atoms with van der Waals surface area (Å²) in [4.78, 5) is 41.5. The van der Waals surface area contributed by atoms with E-state index < -0.39 is 28.3 Å². The molecule has 0 radical (unpaired) electrons. The first-order chi connectivity index (χ1) is 18.0.